The van der Waals surface area contributed by atoms with E-state index in [1.807, 2.05) is 31.1 Å². The summed E-state index contributed by atoms with van der Waals surface area (Å²) in [5.41, 5.74) is 1.19. The summed E-state index contributed by atoms with van der Waals surface area (Å²) >= 11 is 0. The van der Waals surface area contributed by atoms with E-state index in [2.05, 4.69) is 5.32 Å². The molecule has 0 unspecified atom stereocenters. The lowest BCUT2D eigenvalue weighted by atomic mass is 10.0. The summed E-state index contributed by atoms with van der Waals surface area (Å²) in [4.78, 5) is 26.9. The Labute approximate surface area is 162 Å². The van der Waals surface area contributed by atoms with Crippen molar-refractivity contribution in [2.45, 2.75) is 13.3 Å². The summed E-state index contributed by atoms with van der Waals surface area (Å²) in [6.45, 7) is 2.93. The minimum Gasteiger partial charge on any atom is -0.497 e. The standard InChI is InChI=1S/C21H24N2O5/c1-13-11-17-19(21(25)27-13)16(12-18(24)22-9-10-23(2)3)20(28-17)14-5-7-15(26-4)8-6-14/h5-8,11H,9-10,12H2,1-4H3,(H,22,24). The van der Waals surface area contributed by atoms with Crippen molar-refractivity contribution >= 4 is 16.9 Å². The van der Waals surface area contributed by atoms with Gasteiger partial charge in [-0.1, -0.05) is 0 Å². The van der Waals surface area contributed by atoms with Gasteiger partial charge >= 0.3 is 5.63 Å². The highest BCUT2D eigenvalue weighted by Gasteiger charge is 2.22. The number of methoxy groups -OCH3 is 1. The van der Waals surface area contributed by atoms with Crippen molar-refractivity contribution in [1.82, 2.24) is 10.2 Å². The van der Waals surface area contributed by atoms with Crippen molar-refractivity contribution < 1.29 is 18.4 Å². The van der Waals surface area contributed by atoms with Crippen molar-refractivity contribution in [3.63, 3.8) is 0 Å². The fourth-order valence-corrected chi connectivity index (χ4v) is 3.01. The number of carbonyl (C=O) groups is 1. The molecule has 1 aromatic carbocycles. The number of aryl methyl sites for hydroxylation is 1. The number of carbonyl (C=O) groups excluding carboxylic acids is 1. The van der Waals surface area contributed by atoms with Crippen LogP contribution in [-0.4, -0.2) is 45.1 Å². The average Bonchev–Trinajstić information content (AvgIpc) is 2.99. The Bertz CT molecular complexity index is 1030. The van der Waals surface area contributed by atoms with Crippen molar-refractivity contribution in [2.75, 3.05) is 34.3 Å². The molecule has 7 heteroatoms. The molecular weight excluding hydrogens is 360 g/mol. The number of furan rings is 1. The summed E-state index contributed by atoms with van der Waals surface area (Å²) in [5, 5.41) is 3.17. The third kappa shape index (κ3) is 4.26. The second kappa shape index (κ2) is 8.31. The highest BCUT2D eigenvalue weighted by molar-refractivity contribution is 5.92. The molecule has 0 saturated carbocycles. The number of hydrogen-bond donors (Lipinski definition) is 1. The summed E-state index contributed by atoms with van der Waals surface area (Å²) in [5.74, 6) is 1.46. The maximum atomic E-state index is 12.5. The fourth-order valence-electron chi connectivity index (χ4n) is 3.01. The first-order valence-electron chi connectivity index (χ1n) is 9.01. The van der Waals surface area contributed by atoms with E-state index in [0.717, 1.165) is 12.1 Å². The number of hydrogen-bond acceptors (Lipinski definition) is 6. The number of amides is 1. The molecule has 3 aromatic rings. The molecule has 0 atom stereocenters. The zero-order chi connectivity index (χ0) is 20.3. The van der Waals surface area contributed by atoms with E-state index in [1.54, 1.807) is 32.2 Å². The Morgan fingerprint density at radius 1 is 1.18 bits per heavy atom. The van der Waals surface area contributed by atoms with Gasteiger partial charge in [-0.3, -0.25) is 4.79 Å². The molecule has 7 nitrogen and oxygen atoms in total. The SMILES string of the molecule is COc1ccc(-c2oc3cc(C)oc(=O)c3c2CC(=O)NCCN(C)C)cc1. The Morgan fingerprint density at radius 3 is 2.54 bits per heavy atom. The fraction of sp³-hybridized carbons (Fsp3) is 0.333. The molecule has 0 aliphatic rings. The molecule has 0 aliphatic carbocycles. The summed E-state index contributed by atoms with van der Waals surface area (Å²) in [6, 6.07) is 8.93. The van der Waals surface area contributed by atoms with Crippen LogP contribution in [0.2, 0.25) is 0 Å². The lowest BCUT2D eigenvalue weighted by molar-refractivity contribution is -0.120. The van der Waals surface area contributed by atoms with E-state index in [-0.39, 0.29) is 12.3 Å². The van der Waals surface area contributed by atoms with E-state index < -0.39 is 5.63 Å². The number of rotatable bonds is 7. The van der Waals surface area contributed by atoms with Gasteiger partial charge in [0.2, 0.25) is 5.91 Å². The molecule has 3 rings (SSSR count). The highest BCUT2D eigenvalue weighted by atomic mass is 16.5. The van der Waals surface area contributed by atoms with Crippen molar-refractivity contribution in [1.29, 1.82) is 0 Å². The quantitative estimate of drug-likeness (QED) is 0.674. The van der Waals surface area contributed by atoms with Gasteiger partial charge in [0, 0.05) is 30.3 Å². The van der Waals surface area contributed by atoms with Crippen LogP contribution in [0.25, 0.3) is 22.3 Å². The molecular formula is C21H24N2O5. The topological polar surface area (TPSA) is 84.9 Å². The van der Waals surface area contributed by atoms with Gasteiger partial charge < -0.3 is 23.8 Å². The molecule has 0 aliphatic heterocycles. The zero-order valence-electron chi connectivity index (χ0n) is 16.5. The summed E-state index contributed by atoms with van der Waals surface area (Å²) < 4.78 is 16.4. The number of likely N-dealkylation sites (N-methyl/N-ethyl adjacent to an activating group) is 1. The molecule has 1 amide bonds. The van der Waals surface area contributed by atoms with Gasteiger partial charge in [0.1, 0.15) is 28.2 Å². The van der Waals surface area contributed by atoms with Crippen LogP contribution < -0.4 is 15.7 Å². The molecule has 1 N–H and O–H groups in total. The minimum atomic E-state index is -0.505. The Hall–Kier alpha value is -3.06. The van der Waals surface area contributed by atoms with Gasteiger partial charge in [0.15, 0.2) is 0 Å². The number of nitrogens with zero attached hydrogens (tertiary/aromatic N) is 1. The van der Waals surface area contributed by atoms with Gasteiger partial charge in [0.05, 0.1) is 13.5 Å². The van der Waals surface area contributed by atoms with Crippen LogP contribution in [0.15, 0.2) is 44.0 Å². The van der Waals surface area contributed by atoms with E-state index in [4.69, 9.17) is 13.6 Å². The first-order chi connectivity index (χ1) is 13.4. The van der Waals surface area contributed by atoms with Gasteiger partial charge in [-0.05, 0) is 45.3 Å². The Kier molecular flexibility index (Phi) is 5.84. The van der Waals surface area contributed by atoms with E-state index in [9.17, 15) is 9.59 Å². The molecule has 0 fully saturated rings. The zero-order valence-corrected chi connectivity index (χ0v) is 16.5. The second-order valence-electron chi connectivity index (χ2n) is 6.85. The normalized spacial score (nSPS) is 11.2. The smallest absolute Gasteiger partial charge is 0.347 e. The molecule has 0 radical (unpaired) electrons. The van der Waals surface area contributed by atoms with Gasteiger partial charge in [0.25, 0.3) is 0 Å². The Morgan fingerprint density at radius 2 is 1.89 bits per heavy atom. The molecule has 0 bridgehead atoms. The predicted octanol–water partition coefficient (Wildman–Crippen LogP) is 2.59. The Balaban J connectivity index is 2.02. The monoisotopic (exact) mass is 384 g/mol. The van der Waals surface area contributed by atoms with E-state index >= 15 is 0 Å². The van der Waals surface area contributed by atoms with Crippen molar-refractivity contribution in [3.8, 4) is 17.1 Å². The van der Waals surface area contributed by atoms with Crippen LogP contribution in [0.4, 0.5) is 0 Å². The summed E-state index contributed by atoms with van der Waals surface area (Å²) in [6.07, 6.45) is 0.0234. The van der Waals surface area contributed by atoms with Crippen LogP contribution in [0, 0.1) is 6.92 Å². The van der Waals surface area contributed by atoms with Crippen LogP contribution >= 0.6 is 0 Å². The first kappa shape index (κ1) is 19.7. The van der Waals surface area contributed by atoms with Gasteiger partial charge in [-0.25, -0.2) is 4.79 Å². The maximum absolute atomic E-state index is 12.5. The third-order valence-corrected chi connectivity index (χ3v) is 4.40. The van der Waals surface area contributed by atoms with Crippen LogP contribution in [0.5, 0.6) is 5.75 Å². The van der Waals surface area contributed by atoms with Gasteiger partial charge in [-0.15, -0.1) is 0 Å². The van der Waals surface area contributed by atoms with E-state index in [1.165, 1.54) is 0 Å². The maximum Gasteiger partial charge on any atom is 0.347 e. The number of ether oxygens (including phenoxy) is 1. The minimum absolute atomic E-state index is 0.0234. The highest BCUT2D eigenvalue weighted by Crippen LogP contribution is 2.33. The lowest BCUT2D eigenvalue weighted by Gasteiger charge is -2.10. The third-order valence-electron chi connectivity index (χ3n) is 4.40. The molecule has 28 heavy (non-hydrogen) atoms. The molecule has 0 spiro atoms. The lowest BCUT2D eigenvalue weighted by Crippen LogP contribution is -2.32. The van der Waals surface area contributed by atoms with Crippen molar-refractivity contribution in [3.05, 3.63) is 52.1 Å². The first-order valence-corrected chi connectivity index (χ1v) is 9.01. The van der Waals surface area contributed by atoms with Crippen LogP contribution in [-0.2, 0) is 11.2 Å². The molecule has 2 aromatic heterocycles. The number of fused-ring (bicyclic) bond motifs is 1. The summed E-state index contributed by atoms with van der Waals surface area (Å²) in [7, 11) is 5.46. The molecule has 0 saturated heterocycles. The predicted molar refractivity (Wildman–Crippen MR) is 107 cm³/mol. The average molecular weight is 384 g/mol. The van der Waals surface area contributed by atoms with Crippen LogP contribution in [0.1, 0.15) is 11.3 Å². The molecule has 2 heterocycles. The largest absolute Gasteiger partial charge is 0.497 e. The van der Waals surface area contributed by atoms with Gasteiger partial charge in [-0.2, -0.15) is 0 Å². The number of nitrogens with one attached hydrogen (secondary N) is 1. The van der Waals surface area contributed by atoms with Crippen LogP contribution in [0.3, 0.4) is 0 Å². The number of benzene rings is 1. The molecule has 148 valence electrons. The second-order valence-corrected chi connectivity index (χ2v) is 6.85. The van der Waals surface area contributed by atoms with Crippen molar-refractivity contribution in [2.24, 2.45) is 0 Å². The van der Waals surface area contributed by atoms with E-state index in [0.29, 0.717) is 40.3 Å².